The van der Waals surface area contributed by atoms with E-state index in [1.807, 2.05) is 12.1 Å². The maximum Gasteiger partial charge on any atom is 0.314 e. The first-order chi connectivity index (χ1) is 18.4. The van der Waals surface area contributed by atoms with Gasteiger partial charge < -0.3 is 14.0 Å². The van der Waals surface area contributed by atoms with Crippen LogP contribution in [0.1, 0.15) is 96.1 Å². The highest BCUT2D eigenvalue weighted by molar-refractivity contribution is 5.72. The molecule has 0 aliphatic heterocycles. The first-order valence-electron chi connectivity index (χ1n) is 15.1. The maximum atomic E-state index is 13.0. The molecule has 212 valence electrons. The lowest BCUT2D eigenvalue weighted by Gasteiger charge is -2.32. The summed E-state index contributed by atoms with van der Waals surface area (Å²) in [6, 6.07) is 18.9. The van der Waals surface area contributed by atoms with Gasteiger partial charge in [-0.15, -0.1) is 0 Å². The molecule has 0 saturated carbocycles. The molecule has 0 aliphatic rings. The maximum absolute atomic E-state index is 13.0. The molecule has 0 radical (unpaired) electrons. The number of hydrogen-bond donors (Lipinski definition) is 0. The van der Waals surface area contributed by atoms with Crippen molar-refractivity contribution < 1.29 is 18.8 Å². The molecule has 2 unspecified atom stereocenters. The van der Waals surface area contributed by atoms with Crippen LogP contribution in [0.2, 0.25) is 0 Å². The van der Waals surface area contributed by atoms with Gasteiger partial charge in [0.25, 0.3) is 0 Å². The number of aryl methyl sites for hydroxylation is 1. The molecular weight excluding hydrogens is 470 g/mol. The van der Waals surface area contributed by atoms with Crippen LogP contribution in [0.25, 0.3) is 0 Å². The predicted molar refractivity (Wildman–Crippen MR) is 159 cm³/mol. The Morgan fingerprint density at radius 1 is 0.789 bits per heavy atom. The smallest absolute Gasteiger partial charge is 0.314 e. The second-order valence-corrected chi connectivity index (χ2v) is 11.5. The van der Waals surface area contributed by atoms with Crippen molar-refractivity contribution >= 4 is 5.97 Å². The van der Waals surface area contributed by atoms with Crippen LogP contribution in [0.4, 0.5) is 0 Å². The molecule has 2 aromatic carbocycles. The lowest BCUT2D eigenvalue weighted by Crippen LogP contribution is -2.45. The van der Waals surface area contributed by atoms with Crippen LogP contribution in [-0.4, -0.2) is 43.8 Å². The third-order valence-corrected chi connectivity index (χ3v) is 7.38. The molecule has 0 amide bonds. The Morgan fingerprint density at radius 3 is 2.11 bits per heavy atom. The Morgan fingerprint density at radius 2 is 1.45 bits per heavy atom. The fraction of sp³-hybridized carbons (Fsp3) is 0.618. The Bertz CT molecular complexity index is 896. The summed E-state index contributed by atoms with van der Waals surface area (Å²) in [4.78, 5) is 13.0. The highest BCUT2D eigenvalue weighted by Gasteiger charge is 2.28. The number of carbonyl (C=O) groups is 1. The molecule has 2 aromatic rings. The second kappa shape index (κ2) is 18.0. The van der Waals surface area contributed by atoms with E-state index in [-0.39, 0.29) is 18.0 Å². The topological polar surface area (TPSA) is 35.5 Å². The van der Waals surface area contributed by atoms with Crippen LogP contribution in [0, 0.1) is 5.92 Å². The first-order valence-corrected chi connectivity index (χ1v) is 15.1. The number of esters is 1. The van der Waals surface area contributed by atoms with Crippen LogP contribution < -0.4 is 4.74 Å². The molecule has 2 rings (SSSR count). The number of ether oxygens (including phenoxy) is 2. The van der Waals surface area contributed by atoms with Crippen LogP contribution >= 0.6 is 0 Å². The molecule has 0 bridgehead atoms. The molecule has 2 atom stereocenters. The van der Waals surface area contributed by atoms with E-state index in [1.165, 1.54) is 62.5 Å². The Kier molecular flexibility index (Phi) is 15.1. The van der Waals surface area contributed by atoms with E-state index >= 15 is 0 Å². The number of benzene rings is 2. The van der Waals surface area contributed by atoms with Crippen LogP contribution in [0.5, 0.6) is 5.75 Å². The number of nitrogens with zero attached hydrogens (tertiary/aromatic N) is 1. The summed E-state index contributed by atoms with van der Waals surface area (Å²) in [5.41, 5.74) is 2.61. The standard InChI is InChI=1S/C34H54NO3/c1-6-9-10-11-12-13-14-16-20-29-23-19-24-33(25-29)38-32(8-3)28-37-34(36)31(7-2)27-35(4,5)26-30-21-17-15-18-22-30/h15,17-19,21-25,31-32H,6-14,16,20,26-28H2,1-5H3/q+1. The molecule has 4 heteroatoms. The zero-order valence-corrected chi connectivity index (χ0v) is 24.9. The van der Waals surface area contributed by atoms with Crippen LogP contribution in [0.15, 0.2) is 54.6 Å². The van der Waals surface area contributed by atoms with E-state index in [0.717, 1.165) is 42.6 Å². The molecule has 0 spiro atoms. The highest BCUT2D eigenvalue weighted by atomic mass is 16.6. The summed E-state index contributed by atoms with van der Waals surface area (Å²) in [5, 5.41) is 0. The Labute approximate surface area is 233 Å². The van der Waals surface area contributed by atoms with Crippen molar-refractivity contribution in [2.45, 2.75) is 104 Å². The van der Waals surface area contributed by atoms with Crippen LogP contribution in [0.3, 0.4) is 0 Å². The minimum absolute atomic E-state index is 0.114. The summed E-state index contributed by atoms with van der Waals surface area (Å²) in [7, 11) is 4.36. The molecule has 0 aromatic heterocycles. The van der Waals surface area contributed by atoms with Gasteiger partial charge in [0, 0.05) is 5.56 Å². The van der Waals surface area contributed by atoms with E-state index in [0.29, 0.717) is 6.61 Å². The monoisotopic (exact) mass is 524 g/mol. The van der Waals surface area contributed by atoms with E-state index in [4.69, 9.17) is 9.47 Å². The number of quaternary nitrogens is 1. The van der Waals surface area contributed by atoms with Crippen molar-refractivity contribution in [2.24, 2.45) is 5.92 Å². The summed E-state index contributed by atoms with van der Waals surface area (Å²) in [5.74, 6) is 0.635. The van der Waals surface area contributed by atoms with Gasteiger partial charge in [0.1, 0.15) is 30.9 Å². The van der Waals surface area contributed by atoms with Gasteiger partial charge in [-0.1, -0.05) is 108 Å². The van der Waals surface area contributed by atoms with Gasteiger partial charge in [-0.25, -0.2) is 0 Å². The van der Waals surface area contributed by atoms with Crippen molar-refractivity contribution in [3.63, 3.8) is 0 Å². The molecule has 0 N–H and O–H groups in total. The van der Waals surface area contributed by atoms with Crippen molar-refractivity contribution in [2.75, 3.05) is 27.2 Å². The molecule has 4 nitrogen and oxygen atoms in total. The van der Waals surface area contributed by atoms with Crippen molar-refractivity contribution in [3.8, 4) is 5.75 Å². The predicted octanol–water partition coefficient (Wildman–Crippen LogP) is 8.37. The number of unbranched alkanes of at least 4 members (excludes halogenated alkanes) is 7. The lowest BCUT2D eigenvalue weighted by atomic mass is 10.0. The SMILES string of the molecule is CCCCCCCCCCc1cccc(OC(CC)COC(=O)C(CC)C[N+](C)(C)Cc2ccccc2)c1. The third-order valence-electron chi connectivity index (χ3n) is 7.38. The fourth-order valence-corrected chi connectivity index (χ4v) is 5.07. The molecule has 0 aliphatic carbocycles. The second-order valence-electron chi connectivity index (χ2n) is 11.5. The summed E-state index contributed by atoms with van der Waals surface area (Å²) < 4.78 is 12.8. The average molecular weight is 525 g/mol. The zero-order chi connectivity index (χ0) is 27.6. The van der Waals surface area contributed by atoms with Gasteiger partial charge in [0.2, 0.25) is 0 Å². The third kappa shape index (κ3) is 13.0. The van der Waals surface area contributed by atoms with Gasteiger partial charge in [-0.2, -0.15) is 0 Å². The fourth-order valence-electron chi connectivity index (χ4n) is 5.07. The van der Waals surface area contributed by atoms with Gasteiger partial charge in [0.15, 0.2) is 0 Å². The van der Waals surface area contributed by atoms with Crippen molar-refractivity contribution in [1.82, 2.24) is 0 Å². The first kappa shape index (κ1) is 31.9. The average Bonchev–Trinajstić information content (AvgIpc) is 2.91. The Hall–Kier alpha value is -2.33. The largest absolute Gasteiger partial charge is 0.487 e. The number of rotatable bonds is 20. The molecule has 38 heavy (non-hydrogen) atoms. The van der Waals surface area contributed by atoms with Gasteiger partial charge in [-0.05, 0) is 43.4 Å². The highest BCUT2D eigenvalue weighted by Crippen LogP contribution is 2.20. The molecular formula is C34H54NO3+. The molecule has 0 heterocycles. The summed E-state index contributed by atoms with van der Waals surface area (Å²) in [6.07, 6.45) is 13.2. The van der Waals surface area contributed by atoms with Crippen LogP contribution in [-0.2, 0) is 22.5 Å². The Balaban J connectivity index is 1.77. The lowest BCUT2D eigenvalue weighted by molar-refractivity contribution is -0.906. The van der Waals surface area contributed by atoms with Gasteiger partial charge >= 0.3 is 5.97 Å². The number of hydrogen-bond acceptors (Lipinski definition) is 3. The van der Waals surface area contributed by atoms with E-state index in [1.54, 1.807) is 0 Å². The zero-order valence-electron chi connectivity index (χ0n) is 24.9. The summed E-state index contributed by atoms with van der Waals surface area (Å²) >= 11 is 0. The van der Waals surface area contributed by atoms with Crippen molar-refractivity contribution in [3.05, 3.63) is 65.7 Å². The number of carbonyl (C=O) groups excluding carboxylic acids is 1. The van der Waals surface area contributed by atoms with E-state index in [9.17, 15) is 4.79 Å². The molecule has 0 saturated heterocycles. The van der Waals surface area contributed by atoms with Gasteiger partial charge in [0.05, 0.1) is 20.6 Å². The van der Waals surface area contributed by atoms with E-state index in [2.05, 4.69) is 77.3 Å². The quantitative estimate of drug-likeness (QED) is 0.0991. The normalized spacial score (nSPS) is 13.2. The van der Waals surface area contributed by atoms with Gasteiger partial charge in [-0.3, -0.25) is 4.79 Å². The van der Waals surface area contributed by atoms with Crippen molar-refractivity contribution in [1.29, 1.82) is 0 Å². The van der Waals surface area contributed by atoms with E-state index < -0.39 is 0 Å². The minimum Gasteiger partial charge on any atom is -0.487 e. The molecule has 0 fully saturated rings. The minimum atomic E-state index is -0.137. The summed E-state index contributed by atoms with van der Waals surface area (Å²) in [6.45, 7) is 8.35.